The van der Waals surface area contributed by atoms with Crippen LogP contribution in [0.25, 0.3) is 0 Å². The van der Waals surface area contributed by atoms with Crippen LogP contribution in [0.1, 0.15) is 36.0 Å². The van der Waals surface area contributed by atoms with E-state index < -0.39 is 11.7 Å². The molecule has 21 heavy (non-hydrogen) atoms. The first-order chi connectivity index (χ1) is 10.1. The number of amides is 1. The van der Waals surface area contributed by atoms with Crippen molar-refractivity contribution in [3.63, 3.8) is 0 Å². The van der Waals surface area contributed by atoms with Gasteiger partial charge in [-0.15, -0.1) is 0 Å². The molecule has 0 atom stereocenters. The first kappa shape index (κ1) is 15.7. The van der Waals surface area contributed by atoms with Crippen molar-refractivity contribution in [2.45, 2.75) is 37.8 Å². The fraction of sp³-hybridized carbons (Fsp3) is 0.533. The Morgan fingerprint density at radius 2 is 2.05 bits per heavy atom. The van der Waals surface area contributed by atoms with Crippen molar-refractivity contribution in [1.82, 2.24) is 0 Å². The standard InChI is InChI=1S/C15H22FN3O2/c16-10-1-6-14(13(9-10)15(18)20)19-7-8-21-12-4-2-11(17)3-5-12/h1,6,9,11-12,19H,2-5,7-8,17H2,(H2,18,20). The number of nitrogens with two attached hydrogens (primary N) is 2. The summed E-state index contributed by atoms with van der Waals surface area (Å²) in [5.74, 6) is -1.14. The second-order valence-electron chi connectivity index (χ2n) is 5.39. The molecule has 0 radical (unpaired) electrons. The molecular weight excluding hydrogens is 273 g/mol. The topological polar surface area (TPSA) is 90.4 Å². The van der Waals surface area contributed by atoms with Crippen LogP contribution in [0.2, 0.25) is 0 Å². The Morgan fingerprint density at radius 3 is 2.71 bits per heavy atom. The summed E-state index contributed by atoms with van der Waals surface area (Å²) in [7, 11) is 0. The van der Waals surface area contributed by atoms with Crippen molar-refractivity contribution in [3.8, 4) is 0 Å². The number of primary amides is 1. The maximum absolute atomic E-state index is 13.1. The average molecular weight is 295 g/mol. The Labute approximate surface area is 123 Å². The van der Waals surface area contributed by atoms with Gasteiger partial charge in [-0.05, 0) is 43.9 Å². The molecule has 116 valence electrons. The third kappa shape index (κ3) is 4.68. The van der Waals surface area contributed by atoms with Crippen LogP contribution in [0.3, 0.4) is 0 Å². The number of carbonyl (C=O) groups is 1. The average Bonchev–Trinajstić information content (AvgIpc) is 2.46. The quantitative estimate of drug-likeness (QED) is 0.696. The summed E-state index contributed by atoms with van der Waals surface area (Å²) in [4.78, 5) is 11.3. The fourth-order valence-corrected chi connectivity index (χ4v) is 2.54. The molecule has 6 heteroatoms. The number of ether oxygens (including phenoxy) is 1. The Morgan fingerprint density at radius 1 is 1.33 bits per heavy atom. The van der Waals surface area contributed by atoms with Crippen molar-refractivity contribution in [1.29, 1.82) is 0 Å². The highest BCUT2D eigenvalue weighted by molar-refractivity contribution is 5.98. The SMILES string of the molecule is NC(=O)c1cc(F)ccc1NCCOC1CCC(N)CC1. The summed E-state index contributed by atoms with van der Waals surface area (Å²) in [6.07, 6.45) is 4.24. The van der Waals surface area contributed by atoms with Crippen LogP contribution < -0.4 is 16.8 Å². The third-order valence-corrected chi connectivity index (χ3v) is 3.74. The van der Waals surface area contributed by atoms with E-state index in [-0.39, 0.29) is 11.7 Å². The Bertz CT molecular complexity index is 488. The van der Waals surface area contributed by atoms with Gasteiger partial charge in [-0.1, -0.05) is 0 Å². The molecule has 5 N–H and O–H groups in total. The molecule has 0 aromatic heterocycles. The molecule has 1 fully saturated rings. The monoisotopic (exact) mass is 295 g/mol. The zero-order valence-corrected chi connectivity index (χ0v) is 12.0. The van der Waals surface area contributed by atoms with Gasteiger partial charge in [0.25, 0.3) is 5.91 Å². The molecule has 0 unspecified atom stereocenters. The normalized spacial score (nSPS) is 22.0. The van der Waals surface area contributed by atoms with Gasteiger partial charge in [-0.3, -0.25) is 4.79 Å². The predicted molar refractivity (Wildman–Crippen MR) is 79.6 cm³/mol. The predicted octanol–water partition coefficient (Wildman–Crippen LogP) is 1.62. The van der Waals surface area contributed by atoms with Crippen LogP contribution in [0.5, 0.6) is 0 Å². The molecule has 1 aromatic rings. The number of hydrogen-bond acceptors (Lipinski definition) is 4. The molecule has 1 aliphatic rings. The summed E-state index contributed by atoms with van der Waals surface area (Å²) >= 11 is 0. The summed E-state index contributed by atoms with van der Waals surface area (Å²) < 4.78 is 18.9. The molecule has 2 rings (SSSR count). The van der Waals surface area contributed by atoms with Crippen molar-refractivity contribution in [2.24, 2.45) is 11.5 Å². The van der Waals surface area contributed by atoms with Crippen molar-refractivity contribution in [2.75, 3.05) is 18.5 Å². The number of hydrogen-bond donors (Lipinski definition) is 3. The largest absolute Gasteiger partial charge is 0.382 e. The van der Waals surface area contributed by atoms with E-state index in [1.54, 1.807) is 0 Å². The lowest BCUT2D eigenvalue weighted by Crippen LogP contribution is -2.31. The van der Waals surface area contributed by atoms with Crippen LogP contribution in [0.15, 0.2) is 18.2 Å². The highest BCUT2D eigenvalue weighted by Gasteiger charge is 2.18. The lowest BCUT2D eigenvalue weighted by molar-refractivity contribution is 0.0313. The number of benzene rings is 1. The van der Waals surface area contributed by atoms with E-state index in [0.29, 0.717) is 24.9 Å². The molecule has 0 saturated heterocycles. The Kier molecular flexibility index (Phi) is 5.52. The minimum absolute atomic E-state index is 0.152. The lowest BCUT2D eigenvalue weighted by Gasteiger charge is -2.26. The van der Waals surface area contributed by atoms with Crippen LogP contribution in [-0.2, 0) is 4.74 Å². The van der Waals surface area contributed by atoms with Gasteiger partial charge in [0, 0.05) is 18.3 Å². The minimum Gasteiger partial charge on any atom is -0.382 e. The van der Waals surface area contributed by atoms with Gasteiger partial charge in [-0.25, -0.2) is 4.39 Å². The van der Waals surface area contributed by atoms with Crippen molar-refractivity contribution in [3.05, 3.63) is 29.6 Å². The summed E-state index contributed by atoms with van der Waals surface area (Å²) in [5.41, 5.74) is 11.7. The van der Waals surface area contributed by atoms with Gasteiger partial charge in [-0.2, -0.15) is 0 Å². The second kappa shape index (κ2) is 7.38. The summed E-state index contributed by atoms with van der Waals surface area (Å²) in [5, 5.41) is 3.05. The van der Waals surface area contributed by atoms with E-state index in [1.807, 2.05) is 0 Å². The maximum Gasteiger partial charge on any atom is 0.250 e. The lowest BCUT2D eigenvalue weighted by atomic mass is 9.94. The van der Waals surface area contributed by atoms with Crippen LogP contribution in [0, 0.1) is 5.82 Å². The molecule has 1 amide bonds. The number of rotatable bonds is 6. The summed E-state index contributed by atoms with van der Waals surface area (Å²) in [6, 6.07) is 4.24. The number of halogens is 1. The van der Waals surface area contributed by atoms with Crippen LogP contribution in [0.4, 0.5) is 10.1 Å². The van der Waals surface area contributed by atoms with Gasteiger partial charge >= 0.3 is 0 Å². The van der Waals surface area contributed by atoms with Gasteiger partial charge < -0.3 is 21.5 Å². The first-order valence-corrected chi connectivity index (χ1v) is 7.26. The molecule has 0 aliphatic heterocycles. The van der Waals surface area contributed by atoms with Crippen molar-refractivity contribution >= 4 is 11.6 Å². The van der Waals surface area contributed by atoms with E-state index in [4.69, 9.17) is 16.2 Å². The summed E-state index contributed by atoms with van der Waals surface area (Å²) in [6.45, 7) is 1.06. The van der Waals surface area contributed by atoms with Gasteiger partial charge in [0.2, 0.25) is 0 Å². The second-order valence-corrected chi connectivity index (χ2v) is 5.39. The van der Waals surface area contributed by atoms with Gasteiger partial charge in [0.1, 0.15) is 5.82 Å². The number of carbonyl (C=O) groups excluding carboxylic acids is 1. The molecule has 0 bridgehead atoms. The molecule has 1 saturated carbocycles. The van der Waals surface area contributed by atoms with E-state index in [9.17, 15) is 9.18 Å². The smallest absolute Gasteiger partial charge is 0.250 e. The highest BCUT2D eigenvalue weighted by Crippen LogP contribution is 2.20. The highest BCUT2D eigenvalue weighted by atomic mass is 19.1. The molecule has 0 heterocycles. The zero-order valence-electron chi connectivity index (χ0n) is 12.0. The molecule has 1 aromatic carbocycles. The van der Waals surface area contributed by atoms with E-state index in [0.717, 1.165) is 31.7 Å². The molecule has 5 nitrogen and oxygen atoms in total. The molecule has 0 spiro atoms. The zero-order chi connectivity index (χ0) is 15.2. The fourth-order valence-electron chi connectivity index (χ4n) is 2.54. The van der Waals surface area contributed by atoms with Crippen molar-refractivity contribution < 1.29 is 13.9 Å². The minimum atomic E-state index is -0.654. The van der Waals surface area contributed by atoms with E-state index in [2.05, 4.69) is 5.32 Å². The third-order valence-electron chi connectivity index (χ3n) is 3.74. The molecule has 1 aliphatic carbocycles. The van der Waals surface area contributed by atoms with Gasteiger partial charge in [0.15, 0.2) is 0 Å². The Balaban J connectivity index is 1.77. The first-order valence-electron chi connectivity index (χ1n) is 7.26. The number of anilines is 1. The van der Waals surface area contributed by atoms with Crippen LogP contribution in [-0.4, -0.2) is 31.2 Å². The molecular formula is C15H22FN3O2. The number of nitrogens with one attached hydrogen (secondary N) is 1. The van der Waals surface area contributed by atoms with Gasteiger partial charge in [0.05, 0.1) is 18.3 Å². The van der Waals surface area contributed by atoms with Crippen LogP contribution >= 0.6 is 0 Å². The maximum atomic E-state index is 13.1. The Hall–Kier alpha value is -1.66. The van der Waals surface area contributed by atoms with E-state index >= 15 is 0 Å². The van der Waals surface area contributed by atoms with E-state index in [1.165, 1.54) is 12.1 Å².